The van der Waals surface area contributed by atoms with Crippen molar-refractivity contribution in [3.8, 4) is 0 Å². The second-order valence-corrected chi connectivity index (χ2v) is 5.22. The van der Waals surface area contributed by atoms with Crippen molar-refractivity contribution < 1.29 is 4.92 Å². The number of nitrogens with zero attached hydrogens (tertiary/aromatic N) is 2. The predicted molar refractivity (Wildman–Crippen MR) is 78.3 cm³/mol. The minimum atomic E-state index is -0.543. The summed E-state index contributed by atoms with van der Waals surface area (Å²) < 4.78 is 0.802. The Labute approximate surface area is 126 Å². The highest BCUT2D eigenvalue weighted by Gasteiger charge is 2.16. The third-order valence-corrected chi connectivity index (χ3v) is 3.24. The molecule has 0 bridgehead atoms. The number of anilines is 2. The predicted octanol–water partition coefficient (Wildman–Crippen LogP) is 4.80. The standard InChI is InChI=1S/C11H6BrCl2N3O2/c12-6-1-2-8(7(13)5-6)15-11-9(17(18)19)3-4-10(14)16-11/h1-5H,(H,15,16). The van der Waals surface area contributed by atoms with Crippen LogP contribution in [0.3, 0.4) is 0 Å². The van der Waals surface area contributed by atoms with Crippen LogP contribution in [0.25, 0.3) is 0 Å². The zero-order valence-electron chi connectivity index (χ0n) is 9.23. The Hall–Kier alpha value is -1.37. The summed E-state index contributed by atoms with van der Waals surface area (Å²) in [7, 11) is 0. The quantitative estimate of drug-likeness (QED) is 0.483. The summed E-state index contributed by atoms with van der Waals surface area (Å²) >= 11 is 15.0. The zero-order chi connectivity index (χ0) is 14.0. The van der Waals surface area contributed by atoms with E-state index >= 15 is 0 Å². The first-order valence-electron chi connectivity index (χ1n) is 5.00. The SMILES string of the molecule is O=[N+]([O-])c1ccc(Cl)nc1Nc1ccc(Br)cc1Cl. The molecule has 1 heterocycles. The van der Waals surface area contributed by atoms with Gasteiger partial charge in [0.25, 0.3) is 0 Å². The molecule has 98 valence electrons. The lowest BCUT2D eigenvalue weighted by molar-refractivity contribution is -0.384. The number of hydrogen-bond donors (Lipinski definition) is 1. The summed E-state index contributed by atoms with van der Waals surface area (Å²) in [5, 5.41) is 14.3. The smallest absolute Gasteiger partial charge is 0.311 e. The normalized spacial score (nSPS) is 10.3. The van der Waals surface area contributed by atoms with Gasteiger partial charge in [0.2, 0.25) is 5.82 Å². The van der Waals surface area contributed by atoms with Crippen LogP contribution in [0.15, 0.2) is 34.8 Å². The molecule has 0 unspecified atom stereocenters. The lowest BCUT2D eigenvalue weighted by atomic mass is 10.3. The highest BCUT2D eigenvalue weighted by atomic mass is 79.9. The van der Waals surface area contributed by atoms with Gasteiger partial charge in [0.15, 0.2) is 0 Å². The number of pyridine rings is 1. The van der Waals surface area contributed by atoms with Crippen LogP contribution >= 0.6 is 39.1 Å². The molecule has 0 aliphatic carbocycles. The van der Waals surface area contributed by atoms with Crippen molar-refractivity contribution in [2.24, 2.45) is 0 Å². The molecule has 1 aromatic carbocycles. The van der Waals surface area contributed by atoms with Crippen LogP contribution in [-0.2, 0) is 0 Å². The molecule has 0 aliphatic rings. The molecule has 0 fully saturated rings. The van der Waals surface area contributed by atoms with Crippen molar-refractivity contribution in [1.29, 1.82) is 0 Å². The summed E-state index contributed by atoms with van der Waals surface area (Å²) in [6.07, 6.45) is 0. The van der Waals surface area contributed by atoms with E-state index in [4.69, 9.17) is 23.2 Å². The van der Waals surface area contributed by atoms with Gasteiger partial charge in [-0.2, -0.15) is 0 Å². The maximum atomic E-state index is 10.9. The molecule has 2 rings (SSSR count). The Morgan fingerprint density at radius 2 is 2.00 bits per heavy atom. The molecule has 0 atom stereocenters. The third-order valence-electron chi connectivity index (χ3n) is 2.22. The first-order valence-corrected chi connectivity index (χ1v) is 6.55. The monoisotopic (exact) mass is 361 g/mol. The van der Waals surface area contributed by atoms with E-state index in [1.165, 1.54) is 12.1 Å². The Morgan fingerprint density at radius 3 is 2.63 bits per heavy atom. The van der Waals surface area contributed by atoms with E-state index in [0.29, 0.717) is 10.7 Å². The van der Waals surface area contributed by atoms with E-state index in [0.717, 1.165) is 4.47 Å². The van der Waals surface area contributed by atoms with Crippen LogP contribution in [0.4, 0.5) is 17.2 Å². The minimum Gasteiger partial charge on any atom is -0.333 e. The van der Waals surface area contributed by atoms with Crippen molar-refractivity contribution in [3.05, 3.63) is 55.1 Å². The molecule has 0 radical (unpaired) electrons. The third kappa shape index (κ3) is 3.34. The average Bonchev–Trinajstić information content (AvgIpc) is 2.32. The molecule has 0 amide bonds. The van der Waals surface area contributed by atoms with Crippen molar-refractivity contribution in [2.75, 3.05) is 5.32 Å². The van der Waals surface area contributed by atoms with Gasteiger partial charge < -0.3 is 5.32 Å². The van der Waals surface area contributed by atoms with Crippen LogP contribution in [0, 0.1) is 10.1 Å². The van der Waals surface area contributed by atoms with E-state index in [1.54, 1.807) is 18.2 Å². The Bertz CT molecular complexity index is 652. The summed E-state index contributed by atoms with van der Waals surface area (Å²) in [5.41, 5.74) is 0.325. The van der Waals surface area contributed by atoms with Gasteiger partial charge in [-0.25, -0.2) is 4.98 Å². The number of rotatable bonds is 3. The number of hydrogen-bond acceptors (Lipinski definition) is 4. The van der Waals surface area contributed by atoms with Crippen molar-refractivity contribution in [3.63, 3.8) is 0 Å². The molecule has 1 N–H and O–H groups in total. The van der Waals surface area contributed by atoms with E-state index in [1.807, 2.05) is 0 Å². The van der Waals surface area contributed by atoms with Crippen LogP contribution in [0.2, 0.25) is 10.2 Å². The topological polar surface area (TPSA) is 68.1 Å². The summed E-state index contributed by atoms with van der Waals surface area (Å²) in [6.45, 7) is 0. The number of nitrogens with one attached hydrogen (secondary N) is 1. The van der Waals surface area contributed by atoms with Crippen molar-refractivity contribution in [2.45, 2.75) is 0 Å². The minimum absolute atomic E-state index is 0.0433. The molecule has 0 spiro atoms. The first kappa shape index (κ1) is 14.0. The fourth-order valence-electron chi connectivity index (χ4n) is 1.39. The van der Waals surface area contributed by atoms with Gasteiger partial charge in [-0.15, -0.1) is 0 Å². The van der Waals surface area contributed by atoms with Crippen molar-refractivity contribution >= 4 is 56.3 Å². The summed E-state index contributed by atoms with van der Waals surface area (Å²) in [5.74, 6) is 0.0433. The van der Waals surface area contributed by atoms with Crippen molar-refractivity contribution in [1.82, 2.24) is 4.98 Å². The van der Waals surface area contributed by atoms with Gasteiger partial charge in [0.05, 0.1) is 15.6 Å². The summed E-state index contributed by atoms with van der Waals surface area (Å²) in [6, 6.07) is 7.74. The average molecular weight is 363 g/mol. The molecule has 19 heavy (non-hydrogen) atoms. The van der Waals surface area contributed by atoms with Gasteiger partial charge >= 0.3 is 5.69 Å². The molecule has 0 aliphatic heterocycles. The number of benzene rings is 1. The molecule has 5 nitrogen and oxygen atoms in total. The van der Waals surface area contributed by atoms with E-state index in [-0.39, 0.29) is 16.7 Å². The number of halogens is 3. The highest BCUT2D eigenvalue weighted by Crippen LogP contribution is 2.32. The number of nitro groups is 1. The van der Waals surface area contributed by atoms with Gasteiger partial charge in [-0.05, 0) is 24.3 Å². The highest BCUT2D eigenvalue weighted by molar-refractivity contribution is 9.10. The van der Waals surface area contributed by atoms with Crippen LogP contribution in [0.5, 0.6) is 0 Å². The maximum Gasteiger partial charge on any atom is 0.311 e. The van der Waals surface area contributed by atoms with Gasteiger partial charge in [0, 0.05) is 10.5 Å². The van der Waals surface area contributed by atoms with Crippen LogP contribution < -0.4 is 5.32 Å². The lowest BCUT2D eigenvalue weighted by Gasteiger charge is -2.08. The van der Waals surface area contributed by atoms with Gasteiger partial charge in [0.1, 0.15) is 5.15 Å². The van der Waals surface area contributed by atoms with E-state index in [2.05, 4.69) is 26.2 Å². The van der Waals surface area contributed by atoms with Gasteiger partial charge in [-0.3, -0.25) is 10.1 Å². The first-order chi connectivity index (χ1) is 8.97. The second kappa shape index (κ2) is 5.73. The van der Waals surface area contributed by atoms with Crippen LogP contribution in [0.1, 0.15) is 0 Å². The van der Waals surface area contributed by atoms with Gasteiger partial charge in [-0.1, -0.05) is 39.1 Å². The van der Waals surface area contributed by atoms with E-state index in [9.17, 15) is 10.1 Å². The Balaban J connectivity index is 2.42. The number of aromatic nitrogens is 1. The molecular weight excluding hydrogens is 357 g/mol. The molecule has 0 saturated heterocycles. The van der Waals surface area contributed by atoms with Crippen LogP contribution in [-0.4, -0.2) is 9.91 Å². The zero-order valence-corrected chi connectivity index (χ0v) is 12.3. The Kier molecular flexibility index (Phi) is 4.24. The molecule has 1 aromatic heterocycles. The molecule has 0 saturated carbocycles. The summed E-state index contributed by atoms with van der Waals surface area (Å²) in [4.78, 5) is 14.3. The largest absolute Gasteiger partial charge is 0.333 e. The second-order valence-electron chi connectivity index (χ2n) is 3.51. The molecule has 8 heteroatoms. The Morgan fingerprint density at radius 1 is 1.26 bits per heavy atom. The molecule has 2 aromatic rings. The van der Waals surface area contributed by atoms with E-state index < -0.39 is 4.92 Å². The fraction of sp³-hybridized carbons (Fsp3) is 0. The lowest BCUT2D eigenvalue weighted by Crippen LogP contribution is -2.00. The molecular formula is C11H6BrCl2N3O2. The fourth-order valence-corrected chi connectivity index (χ4v) is 2.25. The maximum absolute atomic E-state index is 10.9.